The number of hydrogen-bond acceptors (Lipinski definition) is 4. The number of carbonyl (C=O) groups is 2. The van der Waals surface area contributed by atoms with Gasteiger partial charge in [0.05, 0.1) is 17.8 Å². The second-order valence-electron chi connectivity index (χ2n) is 5.94. The van der Waals surface area contributed by atoms with Gasteiger partial charge in [-0.15, -0.1) is 0 Å². The van der Waals surface area contributed by atoms with Crippen LogP contribution < -0.4 is 0 Å². The van der Waals surface area contributed by atoms with Crippen LogP contribution in [0.5, 0.6) is 0 Å². The summed E-state index contributed by atoms with van der Waals surface area (Å²) >= 11 is 6.02. The Morgan fingerprint density at radius 3 is 2.70 bits per heavy atom. The first-order chi connectivity index (χ1) is 13.0. The Labute approximate surface area is 162 Å². The maximum absolute atomic E-state index is 12.2. The highest BCUT2D eigenvalue weighted by atomic mass is 35.5. The third-order valence-corrected chi connectivity index (χ3v) is 4.18. The van der Waals surface area contributed by atoms with Gasteiger partial charge in [-0.25, -0.2) is 4.98 Å². The van der Waals surface area contributed by atoms with Crippen molar-refractivity contribution in [3.8, 4) is 0 Å². The first-order valence-corrected chi connectivity index (χ1v) is 8.96. The Balaban J connectivity index is 1.77. The Morgan fingerprint density at radius 1 is 1.07 bits per heavy atom. The number of carbonyl (C=O) groups excluding carboxylic acids is 2. The quantitative estimate of drug-likeness (QED) is 0.336. The number of aromatic nitrogens is 1. The van der Waals surface area contributed by atoms with Crippen LogP contribution in [0.2, 0.25) is 5.02 Å². The van der Waals surface area contributed by atoms with Crippen LogP contribution in [0.4, 0.5) is 0 Å². The van der Waals surface area contributed by atoms with Gasteiger partial charge >= 0.3 is 5.97 Å². The predicted molar refractivity (Wildman–Crippen MR) is 108 cm³/mol. The molecule has 27 heavy (non-hydrogen) atoms. The van der Waals surface area contributed by atoms with Crippen molar-refractivity contribution in [2.24, 2.45) is 0 Å². The van der Waals surface area contributed by atoms with E-state index in [-0.39, 0.29) is 18.8 Å². The molecule has 1 heterocycles. The van der Waals surface area contributed by atoms with E-state index in [1.807, 2.05) is 48.6 Å². The van der Waals surface area contributed by atoms with Crippen LogP contribution in [0.1, 0.15) is 35.0 Å². The van der Waals surface area contributed by atoms with Gasteiger partial charge in [-0.2, -0.15) is 0 Å². The Kier molecular flexibility index (Phi) is 5.99. The first kappa shape index (κ1) is 18.8. The van der Waals surface area contributed by atoms with Gasteiger partial charge in [0.2, 0.25) is 0 Å². The van der Waals surface area contributed by atoms with Crippen molar-refractivity contribution in [3.05, 3.63) is 76.4 Å². The van der Waals surface area contributed by atoms with Gasteiger partial charge in [-0.1, -0.05) is 48.0 Å². The molecule has 0 spiro atoms. The summed E-state index contributed by atoms with van der Waals surface area (Å²) in [7, 11) is 0. The summed E-state index contributed by atoms with van der Waals surface area (Å²) in [5.41, 5.74) is 2.93. The zero-order valence-corrected chi connectivity index (χ0v) is 15.6. The lowest BCUT2D eigenvalue weighted by Crippen LogP contribution is -2.11. The molecule has 3 rings (SSSR count). The lowest BCUT2D eigenvalue weighted by Gasteiger charge is -2.03. The summed E-state index contributed by atoms with van der Waals surface area (Å²) in [6.45, 7) is 1.97. The Bertz CT molecular complexity index is 1030. The van der Waals surface area contributed by atoms with Crippen LogP contribution in [0, 0.1) is 0 Å². The minimum atomic E-state index is -0.512. The zero-order chi connectivity index (χ0) is 19.2. The van der Waals surface area contributed by atoms with Gasteiger partial charge in [-0.3, -0.25) is 9.59 Å². The number of fused-ring (bicyclic) bond motifs is 1. The number of ether oxygens (including phenoxy) is 1. The van der Waals surface area contributed by atoms with E-state index in [1.165, 1.54) is 0 Å². The minimum absolute atomic E-state index is 0.256. The Morgan fingerprint density at radius 2 is 1.89 bits per heavy atom. The van der Waals surface area contributed by atoms with E-state index in [0.717, 1.165) is 22.2 Å². The number of nitrogens with zero attached hydrogens (tertiary/aromatic N) is 1. The average Bonchev–Trinajstić information content (AvgIpc) is 2.66. The van der Waals surface area contributed by atoms with Gasteiger partial charge in [0.15, 0.2) is 5.78 Å². The molecule has 0 fully saturated rings. The van der Waals surface area contributed by atoms with E-state index in [4.69, 9.17) is 16.3 Å². The highest BCUT2D eigenvalue weighted by Gasteiger charge is 2.12. The smallest absolute Gasteiger partial charge is 0.313 e. The molecule has 3 aromatic rings. The summed E-state index contributed by atoms with van der Waals surface area (Å²) < 4.78 is 4.82. The number of benzene rings is 2. The minimum Gasteiger partial charge on any atom is -0.466 e. The molecule has 0 aliphatic rings. The third kappa shape index (κ3) is 5.02. The number of pyridine rings is 1. The summed E-state index contributed by atoms with van der Waals surface area (Å²) in [5, 5.41) is 1.66. The highest BCUT2D eigenvalue weighted by Crippen LogP contribution is 2.19. The molecule has 0 atom stereocenters. The van der Waals surface area contributed by atoms with E-state index in [9.17, 15) is 9.59 Å². The van der Waals surface area contributed by atoms with E-state index in [2.05, 4.69) is 4.98 Å². The number of Topliss-reactive ketones (excluding diaryl/α,β-unsaturated/α-hetero) is 1. The SMILES string of the molecule is CCOC(=O)CC(=O)c1cccc(/C=C/c2ccc3ccc(Cl)cc3n2)c1. The van der Waals surface area contributed by atoms with Crippen LogP contribution in [-0.4, -0.2) is 23.3 Å². The molecule has 2 aromatic carbocycles. The van der Waals surface area contributed by atoms with Gasteiger partial charge in [0.1, 0.15) is 6.42 Å². The van der Waals surface area contributed by atoms with Gasteiger partial charge in [-0.05, 0) is 42.8 Å². The molecule has 0 unspecified atom stereocenters. The number of ketones is 1. The molecule has 1 aromatic heterocycles. The summed E-state index contributed by atoms with van der Waals surface area (Å²) in [6.07, 6.45) is 3.49. The normalized spacial score (nSPS) is 11.0. The maximum atomic E-state index is 12.2. The molecule has 0 saturated heterocycles. The second kappa shape index (κ2) is 8.60. The van der Waals surface area contributed by atoms with E-state index < -0.39 is 5.97 Å². The van der Waals surface area contributed by atoms with E-state index in [1.54, 1.807) is 25.1 Å². The van der Waals surface area contributed by atoms with Crippen LogP contribution in [-0.2, 0) is 9.53 Å². The molecule has 0 amide bonds. The highest BCUT2D eigenvalue weighted by molar-refractivity contribution is 6.31. The zero-order valence-electron chi connectivity index (χ0n) is 14.8. The monoisotopic (exact) mass is 379 g/mol. The molecule has 0 radical (unpaired) electrons. The summed E-state index contributed by atoms with van der Waals surface area (Å²) in [5.74, 6) is -0.773. The lowest BCUT2D eigenvalue weighted by atomic mass is 10.0. The van der Waals surface area contributed by atoms with Gasteiger partial charge in [0.25, 0.3) is 0 Å². The molecule has 5 heteroatoms. The maximum Gasteiger partial charge on any atom is 0.313 e. The van der Waals surface area contributed by atoms with Crippen LogP contribution >= 0.6 is 11.6 Å². The fourth-order valence-electron chi connectivity index (χ4n) is 2.64. The van der Waals surface area contributed by atoms with Crippen molar-refractivity contribution in [1.82, 2.24) is 4.98 Å². The van der Waals surface area contributed by atoms with Crippen LogP contribution in [0.25, 0.3) is 23.1 Å². The fourth-order valence-corrected chi connectivity index (χ4v) is 2.81. The fraction of sp³-hybridized carbons (Fsp3) is 0.136. The van der Waals surface area contributed by atoms with Crippen molar-refractivity contribution in [2.45, 2.75) is 13.3 Å². The van der Waals surface area contributed by atoms with Crippen molar-refractivity contribution < 1.29 is 14.3 Å². The van der Waals surface area contributed by atoms with Crippen molar-refractivity contribution >= 4 is 46.4 Å². The molecule has 0 aliphatic carbocycles. The lowest BCUT2D eigenvalue weighted by molar-refractivity contribution is -0.141. The van der Waals surface area contributed by atoms with E-state index >= 15 is 0 Å². The average molecular weight is 380 g/mol. The molecule has 0 bridgehead atoms. The standard InChI is InChI=1S/C22H18ClNO3/c1-2-27-22(26)14-21(25)17-5-3-4-15(12-17)6-10-19-11-8-16-7-9-18(23)13-20(16)24-19/h3-13H,2,14H2,1H3/b10-6+. The molecule has 4 nitrogen and oxygen atoms in total. The van der Waals surface area contributed by atoms with Crippen molar-refractivity contribution in [2.75, 3.05) is 6.61 Å². The molecule has 0 saturated carbocycles. The molecule has 0 N–H and O–H groups in total. The summed E-state index contributed by atoms with van der Waals surface area (Å²) in [6, 6.07) is 16.6. The summed E-state index contributed by atoms with van der Waals surface area (Å²) in [4.78, 5) is 28.2. The number of esters is 1. The number of halogens is 1. The topological polar surface area (TPSA) is 56.3 Å². The Hall–Kier alpha value is -2.98. The molecular weight excluding hydrogens is 362 g/mol. The van der Waals surface area contributed by atoms with Crippen molar-refractivity contribution in [1.29, 1.82) is 0 Å². The molecule has 136 valence electrons. The van der Waals surface area contributed by atoms with Crippen LogP contribution in [0.3, 0.4) is 0 Å². The number of rotatable bonds is 6. The van der Waals surface area contributed by atoms with Gasteiger partial charge in [0, 0.05) is 16.0 Å². The second-order valence-corrected chi connectivity index (χ2v) is 6.37. The van der Waals surface area contributed by atoms with Crippen LogP contribution in [0.15, 0.2) is 54.6 Å². The largest absolute Gasteiger partial charge is 0.466 e. The van der Waals surface area contributed by atoms with Gasteiger partial charge < -0.3 is 4.74 Å². The predicted octanol–water partition coefficient (Wildman–Crippen LogP) is 5.19. The first-order valence-electron chi connectivity index (χ1n) is 8.58. The third-order valence-electron chi connectivity index (χ3n) is 3.94. The van der Waals surface area contributed by atoms with Crippen molar-refractivity contribution in [3.63, 3.8) is 0 Å². The molecular formula is C22H18ClNO3. The van der Waals surface area contributed by atoms with E-state index in [0.29, 0.717) is 10.6 Å². The molecule has 0 aliphatic heterocycles. The number of hydrogen-bond donors (Lipinski definition) is 0.